The Morgan fingerprint density at radius 2 is 2.00 bits per heavy atom. The number of halogens is 1. The lowest BCUT2D eigenvalue weighted by Crippen LogP contribution is -2.41. The van der Waals surface area contributed by atoms with E-state index >= 15 is 0 Å². The van der Waals surface area contributed by atoms with Gasteiger partial charge >= 0.3 is 0 Å². The van der Waals surface area contributed by atoms with E-state index in [2.05, 4.69) is 42.5 Å². The highest BCUT2D eigenvalue weighted by molar-refractivity contribution is 14.0. The molecular weight excluding hydrogens is 365 g/mol. The quantitative estimate of drug-likeness (QED) is 0.339. The summed E-state index contributed by atoms with van der Waals surface area (Å²) in [4.78, 5) is 4.15. The third-order valence-electron chi connectivity index (χ3n) is 2.61. The van der Waals surface area contributed by atoms with Crippen LogP contribution in [0.3, 0.4) is 0 Å². The monoisotopic (exact) mass is 391 g/mol. The van der Waals surface area contributed by atoms with Gasteiger partial charge < -0.3 is 15.4 Å². The number of benzene rings is 1. The molecule has 0 amide bonds. The number of hydrogen-bond acceptors (Lipinski definition) is 2. The second-order valence-electron chi connectivity index (χ2n) is 4.77. The molecule has 1 rings (SSSR count). The van der Waals surface area contributed by atoms with Crippen LogP contribution in [0.25, 0.3) is 0 Å². The molecular formula is C15H26IN3O. The summed E-state index contributed by atoms with van der Waals surface area (Å²) in [6.07, 6.45) is 0.938. The maximum Gasteiger partial charge on any atom is 0.191 e. The number of aryl methyl sites for hydroxylation is 1. The van der Waals surface area contributed by atoms with E-state index in [4.69, 9.17) is 4.74 Å². The fraction of sp³-hybridized carbons (Fsp3) is 0.533. The van der Waals surface area contributed by atoms with Crippen molar-refractivity contribution < 1.29 is 4.74 Å². The summed E-state index contributed by atoms with van der Waals surface area (Å²) in [6.45, 7) is 7.79. The standard InChI is InChI=1S/C15H25N3O.HI/c1-12(2)18-15(16-4)17-10-7-11-19-14-9-6-5-8-13(14)3;/h5-6,8-9,12H,7,10-11H2,1-4H3,(H2,16,17,18);1H. The molecule has 0 atom stereocenters. The van der Waals surface area contributed by atoms with Crippen LogP contribution in [-0.4, -0.2) is 32.2 Å². The van der Waals surface area contributed by atoms with E-state index in [1.54, 1.807) is 7.05 Å². The zero-order chi connectivity index (χ0) is 14.1. The smallest absolute Gasteiger partial charge is 0.191 e. The van der Waals surface area contributed by atoms with Crippen LogP contribution in [0.5, 0.6) is 5.75 Å². The summed E-state index contributed by atoms with van der Waals surface area (Å²) in [5.41, 5.74) is 1.17. The lowest BCUT2D eigenvalue weighted by molar-refractivity contribution is 0.309. The van der Waals surface area contributed by atoms with Crippen molar-refractivity contribution in [3.05, 3.63) is 29.8 Å². The SMILES string of the molecule is CN=C(NCCCOc1ccccc1C)NC(C)C.I. The first-order valence-corrected chi connectivity index (χ1v) is 6.79. The number of ether oxygens (including phenoxy) is 1. The zero-order valence-electron chi connectivity index (χ0n) is 12.8. The third kappa shape index (κ3) is 7.57. The maximum atomic E-state index is 5.73. The Hall–Kier alpha value is -0.980. The lowest BCUT2D eigenvalue weighted by Gasteiger charge is -2.14. The first-order chi connectivity index (χ1) is 9.13. The van der Waals surface area contributed by atoms with Crippen molar-refractivity contribution >= 4 is 29.9 Å². The van der Waals surface area contributed by atoms with Crippen LogP contribution in [0.2, 0.25) is 0 Å². The van der Waals surface area contributed by atoms with Gasteiger partial charge in [-0.15, -0.1) is 24.0 Å². The van der Waals surface area contributed by atoms with E-state index in [1.165, 1.54) is 5.56 Å². The van der Waals surface area contributed by atoms with Crippen LogP contribution in [0.1, 0.15) is 25.8 Å². The molecule has 0 saturated heterocycles. The fourth-order valence-electron chi connectivity index (χ4n) is 1.65. The number of nitrogens with one attached hydrogen (secondary N) is 2. The van der Waals surface area contributed by atoms with E-state index in [0.29, 0.717) is 12.6 Å². The fourth-order valence-corrected chi connectivity index (χ4v) is 1.65. The van der Waals surface area contributed by atoms with Gasteiger partial charge in [0.25, 0.3) is 0 Å². The molecule has 0 aliphatic rings. The average molecular weight is 391 g/mol. The minimum absolute atomic E-state index is 0. The molecule has 0 aromatic heterocycles. The van der Waals surface area contributed by atoms with Gasteiger partial charge in [0, 0.05) is 19.6 Å². The first kappa shape index (κ1) is 19.0. The largest absolute Gasteiger partial charge is 0.493 e. The third-order valence-corrected chi connectivity index (χ3v) is 2.61. The Bertz CT molecular complexity index is 408. The molecule has 5 heteroatoms. The number of para-hydroxylation sites is 1. The number of hydrogen-bond donors (Lipinski definition) is 2. The molecule has 0 aliphatic heterocycles. The number of rotatable bonds is 6. The minimum Gasteiger partial charge on any atom is -0.493 e. The lowest BCUT2D eigenvalue weighted by atomic mass is 10.2. The van der Waals surface area contributed by atoms with E-state index in [-0.39, 0.29) is 24.0 Å². The summed E-state index contributed by atoms with van der Waals surface area (Å²) in [5.74, 6) is 1.80. The molecule has 114 valence electrons. The second kappa shape index (κ2) is 10.8. The van der Waals surface area contributed by atoms with Gasteiger partial charge in [0.15, 0.2) is 5.96 Å². The Morgan fingerprint density at radius 3 is 2.60 bits per heavy atom. The minimum atomic E-state index is 0. The topological polar surface area (TPSA) is 45.7 Å². The van der Waals surface area contributed by atoms with Gasteiger partial charge in [-0.05, 0) is 38.8 Å². The van der Waals surface area contributed by atoms with E-state index in [1.807, 2.05) is 18.2 Å². The van der Waals surface area contributed by atoms with Gasteiger partial charge in [0.2, 0.25) is 0 Å². The van der Waals surface area contributed by atoms with Crippen molar-refractivity contribution in [1.29, 1.82) is 0 Å². The molecule has 1 aromatic carbocycles. The van der Waals surface area contributed by atoms with Crippen LogP contribution in [-0.2, 0) is 0 Å². The normalized spacial score (nSPS) is 10.9. The van der Waals surface area contributed by atoms with Crippen molar-refractivity contribution in [1.82, 2.24) is 10.6 Å². The molecule has 0 radical (unpaired) electrons. The zero-order valence-corrected chi connectivity index (χ0v) is 15.1. The summed E-state index contributed by atoms with van der Waals surface area (Å²) in [6, 6.07) is 8.46. The Balaban J connectivity index is 0.00000361. The van der Waals surface area contributed by atoms with Gasteiger partial charge in [-0.1, -0.05) is 18.2 Å². The van der Waals surface area contributed by atoms with Crippen molar-refractivity contribution in [2.24, 2.45) is 4.99 Å². The highest BCUT2D eigenvalue weighted by Crippen LogP contribution is 2.15. The molecule has 0 saturated carbocycles. The maximum absolute atomic E-state index is 5.73. The molecule has 0 spiro atoms. The van der Waals surface area contributed by atoms with Crippen LogP contribution in [0.15, 0.2) is 29.3 Å². The Kier molecular flexibility index (Phi) is 10.2. The highest BCUT2D eigenvalue weighted by atomic mass is 127. The van der Waals surface area contributed by atoms with Gasteiger partial charge in [0.1, 0.15) is 5.75 Å². The summed E-state index contributed by atoms with van der Waals surface area (Å²) in [5, 5.41) is 6.51. The average Bonchev–Trinajstić information content (AvgIpc) is 2.38. The Labute approximate surface area is 139 Å². The van der Waals surface area contributed by atoms with E-state index < -0.39 is 0 Å². The van der Waals surface area contributed by atoms with Crippen LogP contribution < -0.4 is 15.4 Å². The first-order valence-electron chi connectivity index (χ1n) is 6.79. The molecule has 0 aliphatic carbocycles. The van der Waals surface area contributed by atoms with E-state index in [9.17, 15) is 0 Å². The van der Waals surface area contributed by atoms with Crippen molar-refractivity contribution in [3.8, 4) is 5.75 Å². The van der Waals surface area contributed by atoms with E-state index in [0.717, 1.165) is 24.7 Å². The van der Waals surface area contributed by atoms with Crippen LogP contribution in [0, 0.1) is 6.92 Å². The summed E-state index contributed by atoms with van der Waals surface area (Å²) < 4.78 is 5.73. The van der Waals surface area contributed by atoms with Crippen LogP contribution in [0.4, 0.5) is 0 Å². The molecule has 0 heterocycles. The molecule has 1 aromatic rings. The van der Waals surface area contributed by atoms with Crippen molar-refractivity contribution in [2.45, 2.75) is 33.2 Å². The highest BCUT2D eigenvalue weighted by Gasteiger charge is 2.00. The predicted molar refractivity (Wildman–Crippen MR) is 96.3 cm³/mol. The van der Waals surface area contributed by atoms with Gasteiger partial charge in [-0.2, -0.15) is 0 Å². The van der Waals surface area contributed by atoms with Crippen molar-refractivity contribution in [2.75, 3.05) is 20.2 Å². The van der Waals surface area contributed by atoms with Gasteiger partial charge in [-0.25, -0.2) is 0 Å². The van der Waals surface area contributed by atoms with Gasteiger partial charge in [0.05, 0.1) is 6.61 Å². The molecule has 0 fully saturated rings. The number of aliphatic imine (C=N–C) groups is 1. The molecule has 4 nitrogen and oxygen atoms in total. The molecule has 2 N–H and O–H groups in total. The summed E-state index contributed by atoms with van der Waals surface area (Å²) in [7, 11) is 1.78. The number of guanidine groups is 1. The van der Waals surface area contributed by atoms with Crippen LogP contribution >= 0.6 is 24.0 Å². The Morgan fingerprint density at radius 1 is 1.30 bits per heavy atom. The molecule has 20 heavy (non-hydrogen) atoms. The number of nitrogens with zero attached hydrogens (tertiary/aromatic N) is 1. The van der Waals surface area contributed by atoms with Gasteiger partial charge in [-0.3, -0.25) is 4.99 Å². The molecule has 0 unspecified atom stereocenters. The summed E-state index contributed by atoms with van der Waals surface area (Å²) >= 11 is 0. The molecule has 0 bridgehead atoms. The predicted octanol–water partition coefficient (Wildman–Crippen LogP) is 2.96. The van der Waals surface area contributed by atoms with Crippen molar-refractivity contribution in [3.63, 3.8) is 0 Å². The second-order valence-corrected chi connectivity index (χ2v) is 4.77.